The summed E-state index contributed by atoms with van der Waals surface area (Å²) in [7, 11) is -2.21. The van der Waals surface area contributed by atoms with E-state index < -0.39 is 19.8 Å². The number of hydrogen-bond donors (Lipinski definition) is 1. The molecule has 7 heteroatoms. The molecule has 1 saturated heterocycles. The molecule has 0 bridgehead atoms. The molecule has 2 rings (SSSR count). The topological polar surface area (TPSA) is 73.9 Å². The van der Waals surface area contributed by atoms with Crippen molar-refractivity contribution >= 4 is 13.7 Å². The molecule has 1 heterocycles. The van der Waals surface area contributed by atoms with Gasteiger partial charge in [-0.05, 0) is 12.1 Å². The van der Waals surface area contributed by atoms with Crippen molar-refractivity contribution in [2.45, 2.75) is 6.04 Å². The standard InChI is InChI=1S/C10H12NO5P/c1-14-10(12)9-7-15-17(13,11-9)16-8-5-3-2-4-6-8/h2-6,9H,7H2,1H3,(H,11,13)/t9-,17?/m0/s1. The van der Waals surface area contributed by atoms with Crippen molar-refractivity contribution in [1.29, 1.82) is 0 Å². The van der Waals surface area contributed by atoms with Crippen LogP contribution in [0.3, 0.4) is 0 Å². The van der Waals surface area contributed by atoms with Crippen LogP contribution in [0.1, 0.15) is 0 Å². The molecule has 2 atom stereocenters. The predicted molar refractivity (Wildman–Crippen MR) is 59.6 cm³/mol. The van der Waals surface area contributed by atoms with Gasteiger partial charge in [0, 0.05) is 0 Å². The highest BCUT2D eigenvalue weighted by atomic mass is 31.2. The molecule has 1 unspecified atom stereocenters. The van der Waals surface area contributed by atoms with E-state index in [0.717, 1.165) is 0 Å². The van der Waals surface area contributed by atoms with Gasteiger partial charge in [0.2, 0.25) is 0 Å². The first-order valence-corrected chi connectivity index (χ1v) is 6.52. The average molecular weight is 257 g/mol. The van der Waals surface area contributed by atoms with Crippen molar-refractivity contribution in [2.24, 2.45) is 0 Å². The fraction of sp³-hybridized carbons (Fsp3) is 0.300. The lowest BCUT2D eigenvalue weighted by Gasteiger charge is -2.12. The van der Waals surface area contributed by atoms with Crippen molar-refractivity contribution in [3.8, 4) is 5.75 Å². The Morgan fingerprint density at radius 2 is 2.18 bits per heavy atom. The average Bonchev–Trinajstić information content (AvgIpc) is 2.72. The van der Waals surface area contributed by atoms with Gasteiger partial charge >= 0.3 is 13.7 Å². The summed E-state index contributed by atoms with van der Waals surface area (Å²) in [4.78, 5) is 11.2. The van der Waals surface area contributed by atoms with Gasteiger partial charge in [-0.1, -0.05) is 18.2 Å². The summed E-state index contributed by atoms with van der Waals surface area (Å²) in [6.07, 6.45) is 0. The van der Waals surface area contributed by atoms with E-state index in [1.807, 2.05) is 6.07 Å². The molecule has 1 aromatic rings. The van der Waals surface area contributed by atoms with Crippen LogP contribution in [-0.2, 0) is 18.6 Å². The van der Waals surface area contributed by atoms with Gasteiger partial charge in [-0.3, -0.25) is 9.32 Å². The summed E-state index contributed by atoms with van der Waals surface area (Å²) in [6.45, 7) is -0.0310. The molecule has 17 heavy (non-hydrogen) atoms. The number of nitrogens with one attached hydrogen (secondary N) is 1. The highest BCUT2D eigenvalue weighted by Crippen LogP contribution is 2.48. The summed E-state index contributed by atoms with van der Waals surface area (Å²) < 4.78 is 26.8. The molecular formula is C10H12NO5P. The Morgan fingerprint density at radius 1 is 1.47 bits per heavy atom. The summed E-state index contributed by atoms with van der Waals surface area (Å²) >= 11 is 0. The third-order valence-electron chi connectivity index (χ3n) is 2.18. The second kappa shape index (κ2) is 4.87. The molecule has 1 aliphatic heterocycles. The van der Waals surface area contributed by atoms with Gasteiger partial charge in [-0.2, -0.15) is 5.09 Å². The number of methoxy groups -OCH3 is 1. The van der Waals surface area contributed by atoms with E-state index in [0.29, 0.717) is 5.75 Å². The van der Waals surface area contributed by atoms with Crippen molar-refractivity contribution < 1.29 is 23.1 Å². The van der Waals surface area contributed by atoms with Crippen molar-refractivity contribution in [1.82, 2.24) is 5.09 Å². The van der Waals surface area contributed by atoms with Crippen LogP contribution in [0.15, 0.2) is 30.3 Å². The number of para-hydroxylation sites is 1. The highest BCUT2D eigenvalue weighted by molar-refractivity contribution is 7.52. The van der Waals surface area contributed by atoms with E-state index in [4.69, 9.17) is 9.05 Å². The van der Waals surface area contributed by atoms with Crippen molar-refractivity contribution in [2.75, 3.05) is 13.7 Å². The molecule has 0 amide bonds. The maximum absolute atomic E-state index is 12.1. The molecule has 1 aliphatic rings. The molecule has 1 fully saturated rings. The summed E-state index contributed by atoms with van der Waals surface area (Å²) in [6, 6.07) is 7.84. The number of carbonyl (C=O) groups is 1. The van der Waals surface area contributed by atoms with Gasteiger partial charge in [0.15, 0.2) is 0 Å². The van der Waals surface area contributed by atoms with Gasteiger partial charge in [0.05, 0.1) is 13.7 Å². The molecule has 1 N–H and O–H groups in total. The zero-order chi connectivity index (χ0) is 12.3. The van der Waals surface area contributed by atoms with E-state index in [1.54, 1.807) is 24.3 Å². The number of hydrogen-bond acceptors (Lipinski definition) is 5. The lowest BCUT2D eigenvalue weighted by molar-refractivity contribution is -0.142. The van der Waals surface area contributed by atoms with Crippen molar-refractivity contribution in [3.63, 3.8) is 0 Å². The first kappa shape index (κ1) is 12.1. The van der Waals surface area contributed by atoms with Crippen LogP contribution in [0.4, 0.5) is 0 Å². The van der Waals surface area contributed by atoms with E-state index in [-0.39, 0.29) is 6.61 Å². The quantitative estimate of drug-likeness (QED) is 0.650. The van der Waals surface area contributed by atoms with Crippen LogP contribution < -0.4 is 9.61 Å². The van der Waals surface area contributed by atoms with E-state index in [9.17, 15) is 9.36 Å². The molecule has 1 aromatic carbocycles. The predicted octanol–water partition coefficient (Wildman–Crippen LogP) is 1.33. The van der Waals surface area contributed by atoms with Gasteiger partial charge in [-0.15, -0.1) is 0 Å². The zero-order valence-corrected chi connectivity index (χ0v) is 10.1. The lowest BCUT2D eigenvalue weighted by atomic mass is 10.3. The number of benzene rings is 1. The Hall–Kier alpha value is -1.36. The van der Waals surface area contributed by atoms with Crippen LogP contribution in [0, 0.1) is 0 Å². The minimum atomic E-state index is -3.47. The van der Waals surface area contributed by atoms with E-state index in [2.05, 4.69) is 9.82 Å². The summed E-state index contributed by atoms with van der Waals surface area (Å²) in [5, 5.41) is 2.50. The minimum Gasteiger partial charge on any atom is -0.468 e. The smallest absolute Gasteiger partial charge is 0.459 e. The maximum atomic E-state index is 12.1. The molecule has 92 valence electrons. The van der Waals surface area contributed by atoms with E-state index >= 15 is 0 Å². The molecule has 0 aromatic heterocycles. The summed E-state index contributed by atoms with van der Waals surface area (Å²) in [5.41, 5.74) is 0. The summed E-state index contributed by atoms with van der Waals surface area (Å²) in [5.74, 6) is -0.117. The maximum Gasteiger partial charge on any atom is 0.459 e. The zero-order valence-electron chi connectivity index (χ0n) is 9.16. The highest BCUT2D eigenvalue weighted by Gasteiger charge is 2.41. The van der Waals surface area contributed by atoms with Crippen LogP contribution in [0.2, 0.25) is 0 Å². The first-order chi connectivity index (χ1) is 8.13. The minimum absolute atomic E-state index is 0.0310. The molecule has 0 spiro atoms. The largest absolute Gasteiger partial charge is 0.468 e. The molecule has 6 nitrogen and oxygen atoms in total. The van der Waals surface area contributed by atoms with E-state index in [1.165, 1.54) is 7.11 Å². The lowest BCUT2D eigenvalue weighted by Crippen LogP contribution is -2.33. The van der Waals surface area contributed by atoms with Gasteiger partial charge in [-0.25, -0.2) is 4.57 Å². The monoisotopic (exact) mass is 257 g/mol. The van der Waals surface area contributed by atoms with Crippen LogP contribution in [0.5, 0.6) is 5.75 Å². The number of ether oxygens (including phenoxy) is 1. The van der Waals surface area contributed by atoms with Crippen LogP contribution in [-0.4, -0.2) is 25.7 Å². The number of rotatable bonds is 3. The Morgan fingerprint density at radius 3 is 2.82 bits per heavy atom. The third kappa shape index (κ3) is 2.85. The molecule has 0 radical (unpaired) electrons. The SMILES string of the molecule is COC(=O)[C@@H]1COP(=O)(Oc2ccccc2)N1. The Bertz CT molecular complexity index is 449. The fourth-order valence-electron chi connectivity index (χ4n) is 1.37. The molecule has 0 saturated carbocycles. The first-order valence-electron chi connectivity index (χ1n) is 4.98. The van der Waals surface area contributed by atoms with Crippen LogP contribution >= 0.6 is 7.75 Å². The second-order valence-corrected chi connectivity index (χ2v) is 5.10. The van der Waals surface area contributed by atoms with Gasteiger partial charge in [0.25, 0.3) is 0 Å². The Balaban J connectivity index is 2.03. The fourth-order valence-corrected chi connectivity index (χ4v) is 2.86. The number of carbonyl (C=O) groups excluding carboxylic acids is 1. The normalized spacial score (nSPS) is 27.7. The molecular weight excluding hydrogens is 245 g/mol. The Labute approximate surface area is 98.5 Å². The third-order valence-corrected chi connectivity index (χ3v) is 3.75. The Kier molecular flexibility index (Phi) is 3.47. The van der Waals surface area contributed by atoms with Crippen molar-refractivity contribution in [3.05, 3.63) is 30.3 Å². The second-order valence-electron chi connectivity index (χ2n) is 3.40. The van der Waals surface area contributed by atoms with Crippen LogP contribution in [0.25, 0.3) is 0 Å². The van der Waals surface area contributed by atoms with Gasteiger partial charge < -0.3 is 9.26 Å². The number of esters is 1. The van der Waals surface area contributed by atoms with Gasteiger partial charge in [0.1, 0.15) is 11.8 Å². The molecule has 0 aliphatic carbocycles.